The topological polar surface area (TPSA) is 146 Å². The van der Waals surface area contributed by atoms with Gasteiger partial charge >= 0.3 is 0 Å². The molecule has 1 aliphatic rings. The van der Waals surface area contributed by atoms with Crippen LogP contribution in [0.25, 0.3) is 0 Å². The lowest BCUT2D eigenvalue weighted by molar-refractivity contribution is 0.417. The van der Waals surface area contributed by atoms with E-state index >= 15 is 0 Å². The molecule has 0 fully saturated rings. The van der Waals surface area contributed by atoms with E-state index in [1.165, 1.54) is 29.3 Å². The van der Waals surface area contributed by atoms with Gasteiger partial charge in [0.2, 0.25) is 5.96 Å². The molecule has 1 aliphatic heterocycles. The number of hydrogen-bond acceptors (Lipinski definition) is 5. The Morgan fingerprint density at radius 2 is 1.56 bits per heavy atom. The van der Waals surface area contributed by atoms with Crippen molar-refractivity contribution in [2.75, 3.05) is 13.1 Å². The highest BCUT2D eigenvalue weighted by atomic mass is 35.5. The number of nitrogens with two attached hydrogens (primary N) is 1. The van der Waals surface area contributed by atoms with Crippen molar-refractivity contribution >= 4 is 55.1 Å². The minimum Gasteiger partial charge on any atom is -0.352 e. The number of halogens is 2. The normalized spacial score (nSPS) is 17.0. The van der Waals surface area contributed by atoms with E-state index in [1.807, 2.05) is 56.3 Å². The van der Waals surface area contributed by atoms with Gasteiger partial charge in [-0.2, -0.15) is 26.7 Å². The zero-order chi connectivity index (χ0) is 29.8. The number of hydrazone groups is 1. The van der Waals surface area contributed by atoms with Crippen molar-refractivity contribution in [1.29, 1.82) is 0 Å². The summed E-state index contributed by atoms with van der Waals surface area (Å²) in [6.45, 7) is 3.87. The maximum Gasteiger partial charge on any atom is 0.285 e. The van der Waals surface area contributed by atoms with Gasteiger partial charge in [-0.25, -0.2) is 10.1 Å². The van der Waals surface area contributed by atoms with Crippen molar-refractivity contribution in [2.45, 2.75) is 30.7 Å². The molecule has 0 amide bonds. The van der Waals surface area contributed by atoms with Gasteiger partial charge in [-0.15, -0.1) is 4.40 Å². The third-order valence-electron chi connectivity index (χ3n) is 6.42. The molecule has 0 saturated heterocycles. The van der Waals surface area contributed by atoms with Crippen LogP contribution in [0.1, 0.15) is 30.9 Å². The molecule has 218 valence electrons. The minimum absolute atomic E-state index is 0.0125. The Balaban J connectivity index is 1.77. The van der Waals surface area contributed by atoms with Crippen molar-refractivity contribution in [3.8, 4) is 0 Å². The SMILES string of the molecule is CC(C)C(CN/C(=N\S(=O)(=O)c1ccc(Cl)cc1)N1C[C@@H](c2ccccc2)C(c2ccc(Cl)cc2)=N1)NS(N)(=O)=O. The van der Waals surface area contributed by atoms with Crippen LogP contribution < -0.4 is 15.2 Å². The van der Waals surface area contributed by atoms with Crippen LogP contribution in [0.5, 0.6) is 0 Å². The Kier molecular flexibility index (Phi) is 9.73. The van der Waals surface area contributed by atoms with Crippen molar-refractivity contribution in [2.24, 2.45) is 20.6 Å². The maximum absolute atomic E-state index is 13.4. The summed E-state index contributed by atoms with van der Waals surface area (Å²) < 4.78 is 56.8. The second-order valence-electron chi connectivity index (χ2n) is 9.78. The molecule has 1 heterocycles. The molecule has 4 rings (SSSR count). The summed E-state index contributed by atoms with van der Waals surface area (Å²) in [5, 5.41) is 15.5. The van der Waals surface area contributed by atoms with Gasteiger partial charge < -0.3 is 5.32 Å². The molecule has 0 bridgehead atoms. The first-order valence-corrected chi connectivity index (χ1v) is 16.4. The van der Waals surface area contributed by atoms with Crippen LogP contribution in [0.3, 0.4) is 0 Å². The molecule has 41 heavy (non-hydrogen) atoms. The molecule has 3 aromatic carbocycles. The van der Waals surface area contributed by atoms with Gasteiger partial charge in [-0.1, -0.05) is 79.5 Å². The molecule has 14 heteroatoms. The highest BCUT2D eigenvalue weighted by Crippen LogP contribution is 2.30. The molecule has 0 aliphatic carbocycles. The van der Waals surface area contributed by atoms with E-state index in [9.17, 15) is 16.8 Å². The van der Waals surface area contributed by atoms with Crippen LogP contribution >= 0.6 is 23.2 Å². The number of benzene rings is 3. The summed E-state index contributed by atoms with van der Waals surface area (Å²) in [5.74, 6) is -0.489. The average molecular weight is 638 g/mol. The number of sulfonamides is 1. The molecular formula is C27H30Cl2N6O4S2. The molecular weight excluding hydrogens is 607 g/mol. The quantitative estimate of drug-likeness (QED) is 0.239. The van der Waals surface area contributed by atoms with Gasteiger partial charge in [0, 0.05) is 28.5 Å². The molecule has 4 N–H and O–H groups in total. The number of rotatable bonds is 9. The third kappa shape index (κ3) is 8.28. The Hall–Kier alpha value is -3.00. The van der Waals surface area contributed by atoms with Crippen molar-refractivity contribution < 1.29 is 16.8 Å². The fraction of sp³-hybridized carbons (Fsp3) is 0.259. The Morgan fingerprint density at radius 1 is 0.976 bits per heavy atom. The summed E-state index contributed by atoms with van der Waals surface area (Å²) in [6, 6.07) is 21.9. The van der Waals surface area contributed by atoms with Crippen LogP contribution in [0.4, 0.5) is 0 Å². The molecule has 10 nitrogen and oxygen atoms in total. The number of hydrogen-bond donors (Lipinski definition) is 3. The summed E-state index contributed by atoms with van der Waals surface area (Å²) >= 11 is 12.1. The van der Waals surface area contributed by atoms with Crippen molar-refractivity contribution in [3.63, 3.8) is 0 Å². The third-order valence-corrected chi connectivity index (χ3v) is 8.84. The standard InChI is InChI=1S/C27H30Cl2N6O4S2/c1-18(2)25(33-41(30,38)39)16-31-27(34-40(36,37)23-14-12-22(29)13-15-23)35-17-24(19-6-4-3-5-7-19)26(32-35)20-8-10-21(28)11-9-20/h3-15,18,24-25,33H,16-17H2,1-2H3,(H,31,34)(H2,30,38,39)/t24-,25?/m0/s1. The lowest BCUT2D eigenvalue weighted by atomic mass is 9.91. The molecule has 3 aromatic rings. The zero-order valence-corrected chi connectivity index (χ0v) is 25.4. The second-order valence-corrected chi connectivity index (χ2v) is 13.6. The van der Waals surface area contributed by atoms with Gasteiger partial charge in [0.05, 0.1) is 17.2 Å². The minimum atomic E-state index is -4.21. The monoisotopic (exact) mass is 636 g/mol. The summed E-state index contributed by atoms with van der Waals surface area (Å²) in [7, 11) is -8.23. The zero-order valence-electron chi connectivity index (χ0n) is 22.3. The summed E-state index contributed by atoms with van der Waals surface area (Å²) in [4.78, 5) is -0.0648. The summed E-state index contributed by atoms with van der Waals surface area (Å²) in [6.07, 6.45) is 0. The Labute approximate surface area is 250 Å². The smallest absolute Gasteiger partial charge is 0.285 e. The van der Waals surface area contributed by atoms with E-state index in [2.05, 4.69) is 14.4 Å². The van der Waals surface area contributed by atoms with E-state index < -0.39 is 26.3 Å². The Bertz CT molecular complexity index is 1630. The molecule has 1 unspecified atom stereocenters. The highest BCUT2D eigenvalue weighted by molar-refractivity contribution is 7.90. The van der Waals surface area contributed by atoms with Crippen LogP contribution in [-0.4, -0.2) is 52.6 Å². The lowest BCUT2D eigenvalue weighted by Gasteiger charge is -2.25. The van der Waals surface area contributed by atoms with Crippen LogP contribution in [-0.2, 0) is 20.2 Å². The van der Waals surface area contributed by atoms with Crippen molar-refractivity contribution in [1.82, 2.24) is 15.0 Å². The van der Waals surface area contributed by atoms with Gasteiger partial charge in [0.25, 0.3) is 20.2 Å². The number of nitrogens with one attached hydrogen (secondary N) is 2. The van der Waals surface area contributed by atoms with Crippen LogP contribution in [0.15, 0.2) is 93.3 Å². The predicted octanol–water partition coefficient (Wildman–Crippen LogP) is 3.95. The van der Waals surface area contributed by atoms with E-state index in [1.54, 1.807) is 12.1 Å². The molecule has 0 spiro atoms. The fourth-order valence-electron chi connectivity index (χ4n) is 4.23. The van der Waals surface area contributed by atoms with E-state index in [0.29, 0.717) is 15.8 Å². The number of guanidine groups is 1. The van der Waals surface area contributed by atoms with Gasteiger partial charge in [-0.3, -0.25) is 0 Å². The first kappa shape index (κ1) is 30.9. The van der Waals surface area contributed by atoms with Gasteiger partial charge in [-0.05, 0) is 53.4 Å². The van der Waals surface area contributed by atoms with Crippen LogP contribution in [0, 0.1) is 5.92 Å². The fourth-order valence-corrected chi connectivity index (χ4v) is 6.23. The molecule has 0 radical (unpaired) electrons. The second kappa shape index (κ2) is 12.9. The average Bonchev–Trinajstić information content (AvgIpc) is 3.36. The predicted molar refractivity (Wildman–Crippen MR) is 163 cm³/mol. The first-order valence-electron chi connectivity index (χ1n) is 12.6. The number of nitrogens with zero attached hydrogens (tertiary/aromatic N) is 3. The maximum atomic E-state index is 13.4. The molecule has 2 atom stereocenters. The molecule has 0 saturated carbocycles. The molecule has 0 aromatic heterocycles. The van der Waals surface area contributed by atoms with Crippen molar-refractivity contribution in [3.05, 3.63) is 100 Å². The Morgan fingerprint density at radius 3 is 2.12 bits per heavy atom. The van der Waals surface area contributed by atoms with Gasteiger partial charge in [0.1, 0.15) is 0 Å². The van der Waals surface area contributed by atoms with E-state index in [-0.39, 0.29) is 35.8 Å². The first-order chi connectivity index (χ1) is 19.3. The largest absolute Gasteiger partial charge is 0.352 e. The lowest BCUT2D eigenvalue weighted by Crippen LogP contribution is -2.50. The van der Waals surface area contributed by atoms with E-state index in [4.69, 9.17) is 33.4 Å². The van der Waals surface area contributed by atoms with E-state index in [0.717, 1.165) is 11.1 Å². The highest BCUT2D eigenvalue weighted by Gasteiger charge is 2.33. The summed E-state index contributed by atoms with van der Waals surface area (Å²) in [5.41, 5.74) is 2.47. The van der Waals surface area contributed by atoms with Crippen LogP contribution in [0.2, 0.25) is 10.0 Å². The van der Waals surface area contributed by atoms with Gasteiger partial charge in [0.15, 0.2) is 0 Å².